The van der Waals surface area contributed by atoms with Crippen molar-refractivity contribution in [2.45, 2.75) is 133 Å². The van der Waals surface area contributed by atoms with E-state index in [-0.39, 0.29) is 5.41 Å². The highest BCUT2D eigenvalue weighted by Gasteiger charge is 2.62. The van der Waals surface area contributed by atoms with E-state index in [1.807, 2.05) is 0 Å². The fourth-order valence-corrected chi connectivity index (χ4v) is 14.6. The Labute approximate surface area is 346 Å². The summed E-state index contributed by atoms with van der Waals surface area (Å²) in [5.74, 6) is 3.91. The first kappa shape index (κ1) is 35.7. The lowest BCUT2D eigenvalue weighted by Gasteiger charge is -2.68. The van der Waals surface area contributed by atoms with Crippen molar-refractivity contribution in [2.75, 3.05) is 4.90 Å². The zero-order valence-corrected chi connectivity index (χ0v) is 34.6. The van der Waals surface area contributed by atoms with Gasteiger partial charge in [0.1, 0.15) is 0 Å². The van der Waals surface area contributed by atoms with Gasteiger partial charge >= 0.3 is 0 Å². The zero-order valence-electron chi connectivity index (χ0n) is 34.6. The molecule has 296 valence electrons. The lowest BCUT2D eigenvalue weighted by molar-refractivity contribution is -0.255. The normalized spacial score (nSPS) is 32.9. The van der Waals surface area contributed by atoms with E-state index in [9.17, 15) is 0 Å². The van der Waals surface area contributed by atoms with Gasteiger partial charge in [0, 0.05) is 40.5 Å². The van der Waals surface area contributed by atoms with Crippen molar-refractivity contribution in [3.8, 4) is 22.3 Å². The minimum absolute atomic E-state index is 0.0590. The molecule has 0 radical (unpaired) electrons. The van der Waals surface area contributed by atoms with Crippen molar-refractivity contribution in [1.82, 2.24) is 4.90 Å². The van der Waals surface area contributed by atoms with Gasteiger partial charge in [0.15, 0.2) is 0 Å². The van der Waals surface area contributed by atoms with Crippen LogP contribution in [-0.4, -0.2) is 35.2 Å². The van der Waals surface area contributed by atoms with Crippen LogP contribution in [0.3, 0.4) is 0 Å². The van der Waals surface area contributed by atoms with Gasteiger partial charge in [-0.3, -0.25) is 4.90 Å². The number of hydrogen-bond acceptors (Lipinski definition) is 3. The molecular weight excluding hydrogens is 705 g/mol. The van der Waals surface area contributed by atoms with Crippen molar-refractivity contribution in [1.29, 1.82) is 0 Å². The molecule has 5 aromatic carbocycles. The Kier molecular flexibility index (Phi) is 8.60. The maximum atomic E-state index is 7.38. The molecule has 2 aliphatic heterocycles. The number of ether oxygens (including phenoxy) is 1. The van der Waals surface area contributed by atoms with Gasteiger partial charge < -0.3 is 9.64 Å². The van der Waals surface area contributed by atoms with Crippen LogP contribution in [0.2, 0.25) is 0 Å². The number of fused-ring (bicyclic) bond motifs is 8. The molecule has 10 atom stereocenters. The minimum Gasteiger partial charge on any atom is -0.372 e. The second-order valence-electron chi connectivity index (χ2n) is 19.9. The number of hydrogen-bond donors (Lipinski definition) is 0. The summed E-state index contributed by atoms with van der Waals surface area (Å²) in [6.45, 7) is 4.79. The predicted molar refractivity (Wildman–Crippen MR) is 238 cm³/mol. The number of nitrogens with zero attached hydrogens (tertiary/aromatic N) is 2. The maximum Gasteiger partial charge on any atom is 0.0743 e. The number of benzene rings is 5. The second-order valence-corrected chi connectivity index (χ2v) is 19.9. The minimum atomic E-state index is -0.0590. The van der Waals surface area contributed by atoms with Gasteiger partial charge in [0.2, 0.25) is 0 Å². The third kappa shape index (κ3) is 5.44. The fourth-order valence-electron chi connectivity index (χ4n) is 14.6. The van der Waals surface area contributed by atoms with Crippen LogP contribution < -0.4 is 4.90 Å². The highest BCUT2D eigenvalue weighted by atomic mass is 16.5. The molecular formula is C55H60N2O. The quantitative estimate of drug-likeness (QED) is 0.177. The highest BCUT2D eigenvalue weighted by molar-refractivity contribution is 5.95. The van der Waals surface area contributed by atoms with Gasteiger partial charge in [-0.2, -0.15) is 0 Å². The van der Waals surface area contributed by atoms with E-state index in [0.717, 1.165) is 29.7 Å². The topological polar surface area (TPSA) is 15.7 Å². The molecule has 0 N–H and O–H groups in total. The van der Waals surface area contributed by atoms with E-state index in [2.05, 4.69) is 145 Å². The molecule has 3 heteroatoms. The Morgan fingerprint density at radius 3 is 2.03 bits per heavy atom. The van der Waals surface area contributed by atoms with Crippen molar-refractivity contribution in [3.63, 3.8) is 0 Å². The third-order valence-electron chi connectivity index (χ3n) is 16.9. The summed E-state index contributed by atoms with van der Waals surface area (Å²) < 4.78 is 7.38. The molecule has 0 bridgehead atoms. The van der Waals surface area contributed by atoms with Crippen LogP contribution in [0.1, 0.15) is 114 Å². The van der Waals surface area contributed by atoms with Crippen LogP contribution in [0.4, 0.5) is 17.1 Å². The standard InChI is InChI=1S/C55H60N2O/c1-55(2)45-20-8-6-17-43(45)53-46(55)21-13-24-49(53)56(38-30-26-36(27-31-38)35-14-4-3-5-15-35)39-32-28-37(29-33-39)44-34-51-54-52-41(18-12-19-42(44)52)40-16-7-9-22-47(40)57(54)48-23-10-11-25-50(48)58-51/h3-6,8,13-15,17,20-21,24,26-33,40-42,44,47-48,50-52,54H,7,9-12,16,18-19,22-23,25,34H2,1-2H3. The van der Waals surface area contributed by atoms with E-state index >= 15 is 0 Å². The van der Waals surface area contributed by atoms with Crippen LogP contribution >= 0.6 is 0 Å². The van der Waals surface area contributed by atoms with Crippen molar-refractivity contribution >= 4 is 17.1 Å². The number of rotatable bonds is 5. The molecule has 0 amide bonds. The molecule has 10 unspecified atom stereocenters. The van der Waals surface area contributed by atoms with Crippen molar-refractivity contribution in [2.24, 2.45) is 23.7 Å². The SMILES string of the molecule is CC1(C)c2ccccc2-c2c(N(c3ccc(-c4ccccc4)cc3)c3ccc(C4CC5OC6CCCCC6N6C7CCCCC7C7CCCC4C7C56)cc3)cccc21. The molecule has 6 fully saturated rings. The van der Waals surface area contributed by atoms with Crippen molar-refractivity contribution in [3.05, 3.63) is 138 Å². The summed E-state index contributed by atoms with van der Waals surface area (Å²) in [5, 5.41) is 0. The molecule has 5 aliphatic carbocycles. The first-order valence-electron chi connectivity index (χ1n) is 23.3. The Bertz CT molecular complexity index is 2300. The summed E-state index contributed by atoms with van der Waals surface area (Å²) in [7, 11) is 0. The number of piperidine rings is 1. The Hall–Kier alpha value is -4.18. The van der Waals surface area contributed by atoms with Crippen LogP contribution in [-0.2, 0) is 10.2 Å². The van der Waals surface area contributed by atoms with Crippen LogP contribution in [0.15, 0.2) is 121 Å². The Morgan fingerprint density at radius 1 is 0.552 bits per heavy atom. The summed E-state index contributed by atoms with van der Waals surface area (Å²) in [6, 6.07) is 48.3. The predicted octanol–water partition coefficient (Wildman–Crippen LogP) is 13.6. The third-order valence-corrected chi connectivity index (χ3v) is 16.9. The molecule has 2 heterocycles. The summed E-state index contributed by atoms with van der Waals surface area (Å²) in [4.78, 5) is 5.75. The Morgan fingerprint density at radius 2 is 1.21 bits per heavy atom. The van der Waals surface area contributed by atoms with E-state index in [0.29, 0.717) is 30.2 Å². The molecule has 7 aliphatic rings. The van der Waals surface area contributed by atoms with Gasteiger partial charge in [-0.1, -0.05) is 137 Å². The zero-order chi connectivity index (χ0) is 38.5. The summed E-state index contributed by atoms with van der Waals surface area (Å²) >= 11 is 0. The van der Waals surface area contributed by atoms with E-state index in [4.69, 9.17) is 4.74 Å². The molecule has 5 aromatic rings. The number of morpholine rings is 1. The van der Waals surface area contributed by atoms with Gasteiger partial charge in [0.05, 0.1) is 17.9 Å². The molecule has 0 spiro atoms. The average Bonchev–Trinajstić information content (AvgIpc) is 3.52. The molecule has 4 saturated carbocycles. The summed E-state index contributed by atoms with van der Waals surface area (Å²) in [6.07, 6.45) is 17.5. The molecule has 58 heavy (non-hydrogen) atoms. The van der Waals surface area contributed by atoms with Gasteiger partial charge in [-0.05, 0) is 138 Å². The van der Waals surface area contributed by atoms with Crippen molar-refractivity contribution < 1.29 is 4.74 Å². The lowest BCUT2D eigenvalue weighted by atomic mass is 9.50. The van der Waals surface area contributed by atoms with Gasteiger partial charge in [0.25, 0.3) is 0 Å². The molecule has 2 saturated heterocycles. The van der Waals surface area contributed by atoms with Crippen LogP contribution in [0, 0.1) is 23.7 Å². The molecule has 3 nitrogen and oxygen atoms in total. The van der Waals surface area contributed by atoms with Gasteiger partial charge in [-0.15, -0.1) is 0 Å². The smallest absolute Gasteiger partial charge is 0.0743 e. The van der Waals surface area contributed by atoms with E-state index in [1.165, 1.54) is 127 Å². The van der Waals surface area contributed by atoms with Gasteiger partial charge in [-0.25, -0.2) is 0 Å². The van der Waals surface area contributed by atoms with Crippen LogP contribution in [0.25, 0.3) is 22.3 Å². The largest absolute Gasteiger partial charge is 0.372 e. The Balaban J connectivity index is 0.940. The van der Waals surface area contributed by atoms with E-state index < -0.39 is 0 Å². The first-order chi connectivity index (χ1) is 28.5. The molecule has 0 aromatic heterocycles. The summed E-state index contributed by atoms with van der Waals surface area (Å²) in [5.41, 5.74) is 13.2. The molecule has 12 rings (SSSR count). The average molecular weight is 765 g/mol. The van der Waals surface area contributed by atoms with E-state index in [1.54, 1.807) is 5.56 Å². The second kappa shape index (κ2) is 14.0. The highest BCUT2D eigenvalue weighted by Crippen LogP contribution is 2.62. The monoisotopic (exact) mass is 764 g/mol. The fraction of sp³-hybridized carbons (Fsp3) is 0.455. The first-order valence-corrected chi connectivity index (χ1v) is 23.3. The lowest BCUT2D eigenvalue weighted by Crippen LogP contribution is -2.75. The van der Waals surface area contributed by atoms with Crippen LogP contribution in [0.5, 0.6) is 0 Å². The maximum absolute atomic E-state index is 7.38. The number of anilines is 3.